The zero-order chi connectivity index (χ0) is 25.5. The first-order chi connectivity index (χ1) is 18.7. The van der Waals surface area contributed by atoms with Gasteiger partial charge in [0.25, 0.3) is 0 Å². The third-order valence-corrected chi connectivity index (χ3v) is 6.31. The van der Waals surface area contributed by atoms with Crippen molar-refractivity contribution in [2.45, 2.75) is 0 Å². The van der Waals surface area contributed by atoms with E-state index in [0.717, 1.165) is 44.1 Å². The van der Waals surface area contributed by atoms with Gasteiger partial charge < -0.3 is 0 Å². The summed E-state index contributed by atoms with van der Waals surface area (Å²) < 4.78 is 0. The number of pyridine rings is 6. The van der Waals surface area contributed by atoms with Crippen molar-refractivity contribution < 1.29 is 0 Å². The van der Waals surface area contributed by atoms with E-state index in [1.165, 1.54) is 0 Å². The second-order valence-electron chi connectivity index (χ2n) is 8.81. The largest absolute Gasteiger partial charge is 0.245 e. The minimum atomic E-state index is 0.663. The van der Waals surface area contributed by atoms with Gasteiger partial charge in [-0.05, 0) is 72.8 Å². The highest BCUT2D eigenvalue weighted by atomic mass is 14.8. The van der Waals surface area contributed by atoms with E-state index in [4.69, 9.17) is 36.3 Å². The first-order valence-corrected chi connectivity index (χ1v) is 12.1. The maximum absolute atomic E-state index is 5.82. The van der Waals surface area contributed by atoms with Crippen molar-refractivity contribution in [1.29, 1.82) is 0 Å². The Kier molecular flexibility index (Phi) is 5.05. The summed E-state index contributed by atoms with van der Waals surface area (Å²) in [4.78, 5) is 29.4. The molecule has 0 atom stereocenters. The number of hydrogen-bond donors (Lipinski definition) is 0. The van der Waals surface area contributed by atoms with Crippen molar-refractivity contribution in [2.24, 2.45) is 0 Å². The van der Waals surface area contributed by atoms with Crippen LogP contribution in [0.2, 0.25) is 0 Å². The Morgan fingerprint density at radius 3 is 0.789 bits per heavy atom. The Balaban J connectivity index is 1.73. The van der Waals surface area contributed by atoms with Crippen LogP contribution in [0.4, 0.5) is 0 Å². The predicted octanol–water partition coefficient (Wildman–Crippen LogP) is 6.64. The van der Waals surface area contributed by atoms with Crippen LogP contribution >= 0.6 is 0 Å². The SMILES string of the molecule is C#Cc1cc2nc(c1)c1cccc(n1)c1cccc(n1)c1cccc(n1)c1cccc(n1)c1cccc2n1. The molecule has 0 saturated carbocycles. The Morgan fingerprint density at radius 1 is 0.342 bits per heavy atom. The van der Waals surface area contributed by atoms with Crippen LogP contribution in [0.25, 0.3) is 66.2 Å². The van der Waals surface area contributed by atoms with Crippen LogP contribution in [-0.4, -0.2) is 29.9 Å². The minimum Gasteiger partial charge on any atom is -0.245 e. The summed E-state index contributed by atoms with van der Waals surface area (Å²) in [7, 11) is 0. The molecular weight excluding hydrogens is 468 g/mol. The van der Waals surface area contributed by atoms with Crippen molar-refractivity contribution in [3.8, 4) is 12.3 Å². The Morgan fingerprint density at radius 2 is 0.553 bits per heavy atom. The third-order valence-electron chi connectivity index (χ3n) is 6.31. The summed E-state index contributed by atoms with van der Waals surface area (Å²) in [6.45, 7) is 0. The van der Waals surface area contributed by atoms with Crippen molar-refractivity contribution >= 4 is 66.2 Å². The molecule has 0 unspecified atom stereocenters. The molecule has 0 aliphatic carbocycles. The molecule has 6 heteroatoms. The molecule has 7 heterocycles. The molecule has 0 spiro atoms. The first kappa shape index (κ1) is 21.7. The predicted molar refractivity (Wildman–Crippen MR) is 153 cm³/mol. The smallest absolute Gasteiger partial charge is 0.0907 e. The lowest BCUT2D eigenvalue weighted by Gasteiger charge is -2.01. The summed E-state index contributed by atoms with van der Waals surface area (Å²) in [5.41, 5.74) is 9.34. The molecule has 176 valence electrons. The van der Waals surface area contributed by atoms with Crippen molar-refractivity contribution in [3.05, 3.63) is 109 Å². The molecule has 0 aromatic carbocycles. The minimum absolute atomic E-state index is 0.663. The zero-order valence-corrected chi connectivity index (χ0v) is 20.1. The van der Waals surface area contributed by atoms with Gasteiger partial charge in [0.2, 0.25) is 0 Å². The van der Waals surface area contributed by atoms with Crippen LogP contribution in [0.3, 0.4) is 0 Å². The summed E-state index contributed by atoms with van der Waals surface area (Å²) in [5, 5.41) is 0. The number of aromatic nitrogens is 6. The molecule has 0 amide bonds. The Hall–Kier alpha value is -5.54. The topological polar surface area (TPSA) is 77.3 Å². The molecule has 0 saturated heterocycles. The van der Waals surface area contributed by atoms with E-state index in [1.807, 2.05) is 103 Å². The lowest BCUT2D eigenvalue weighted by molar-refractivity contribution is 1.38. The van der Waals surface area contributed by atoms with E-state index in [9.17, 15) is 0 Å². The third kappa shape index (κ3) is 3.89. The van der Waals surface area contributed by atoms with E-state index in [2.05, 4.69) is 5.92 Å². The van der Waals surface area contributed by atoms with Gasteiger partial charge in [-0.3, -0.25) is 0 Å². The number of rotatable bonds is 0. The van der Waals surface area contributed by atoms with Crippen LogP contribution in [0, 0.1) is 12.3 Å². The Labute approximate surface area is 217 Å². The van der Waals surface area contributed by atoms with Crippen LogP contribution in [0.15, 0.2) is 103 Å². The second-order valence-corrected chi connectivity index (χ2v) is 8.81. The van der Waals surface area contributed by atoms with Crippen LogP contribution < -0.4 is 0 Å². The molecule has 7 aromatic heterocycles. The molecule has 7 rings (SSSR count). The van der Waals surface area contributed by atoms with Crippen molar-refractivity contribution in [3.63, 3.8) is 0 Å². The van der Waals surface area contributed by atoms with Crippen molar-refractivity contribution in [1.82, 2.24) is 29.9 Å². The standard InChI is InChI=1S/C32H18N6/c1-2-20-18-31-29-16-6-14-27(36-29)25-12-4-10-23(34-25)21-8-3-9-22(33-21)24-11-5-13-26(35-24)28-15-7-17-30(37-28)32(19-20)38-31/h1,3-19H. The van der Waals surface area contributed by atoms with Crippen LogP contribution in [0.5, 0.6) is 0 Å². The summed E-state index contributed by atoms with van der Waals surface area (Å²) in [5.74, 6) is 2.75. The summed E-state index contributed by atoms with van der Waals surface area (Å²) in [6.07, 6.45) is 5.82. The fourth-order valence-corrected chi connectivity index (χ4v) is 4.48. The molecule has 7 aromatic rings. The molecular formula is C32H18N6. The van der Waals surface area contributed by atoms with Gasteiger partial charge in [0.15, 0.2) is 0 Å². The van der Waals surface area contributed by atoms with Gasteiger partial charge in [-0.2, -0.15) is 0 Å². The summed E-state index contributed by atoms with van der Waals surface area (Å²) in [6, 6.07) is 32.9. The van der Waals surface area contributed by atoms with E-state index in [0.29, 0.717) is 27.6 Å². The van der Waals surface area contributed by atoms with Gasteiger partial charge in [0, 0.05) is 5.56 Å². The van der Waals surface area contributed by atoms with Crippen LogP contribution in [0.1, 0.15) is 5.56 Å². The van der Waals surface area contributed by atoms with Gasteiger partial charge in [-0.25, -0.2) is 29.9 Å². The lowest BCUT2D eigenvalue weighted by atomic mass is 10.2. The maximum atomic E-state index is 5.82. The van der Waals surface area contributed by atoms with Gasteiger partial charge in [0.05, 0.1) is 66.2 Å². The zero-order valence-electron chi connectivity index (χ0n) is 20.1. The molecule has 0 radical (unpaired) electrons. The van der Waals surface area contributed by atoms with Crippen LogP contribution in [-0.2, 0) is 0 Å². The highest BCUT2D eigenvalue weighted by Crippen LogP contribution is 2.19. The van der Waals surface area contributed by atoms with Gasteiger partial charge in [-0.1, -0.05) is 36.3 Å². The molecule has 38 heavy (non-hydrogen) atoms. The lowest BCUT2D eigenvalue weighted by Crippen LogP contribution is -1.88. The average molecular weight is 487 g/mol. The van der Waals surface area contributed by atoms with E-state index < -0.39 is 0 Å². The molecule has 6 nitrogen and oxygen atoms in total. The average Bonchev–Trinajstić information content (AvgIpc) is 3.01. The maximum Gasteiger partial charge on any atom is 0.0907 e. The van der Waals surface area contributed by atoms with E-state index in [1.54, 1.807) is 0 Å². The molecule has 12 bridgehead atoms. The fraction of sp³-hybridized carbons (Fsp3) is 0. The normalized spacial score (nSPS) is 11.1. The number of fused-ring (bicyclic) bond motifs is 18. The first-order valence-electron chi connectivity index (χ1n) is 12.1. The monoisotopic (exact) mass is 486 g/mol. The highest BCUT2D eigenvalue weighted by molar-refractivity contribution is 5.90. The highest BCUT2D eigenvalue weighted by Gasteiger charge is 2.04. The fourth-order valence-electron chi connectivity index (χ4n) is 4.48. The van der Waals surface area contributed by atoms with E-state index in [-0.39, 0.29) is 0 Å². The van der Waals surface area contributed by atoms with E-state index >= 15 is 0 Å². The molecule has 0 N–H and O–H groups in total. The van der Waals surface area contributed by atoms with Gasteiger partial charge in [0.1, 0.15) is 0 Å². The second kappa shape index (κ2) is 8.84. The number of terminal acetylenes is 1. The van der Waals surface area contributed by atoms with Gasteiger partial charge >= 0.3 is 0 Å². The molecule has 0 aliphatic rings. The molecule has 0 aliphatic heterocycles. The summed E-state index contributed by atoms with van der Waals surface area (Å²) >= 11 is 0. The molecule has 0 fully saturated rings. The quantitative estimate of drug-likeness (QED) is 0.224. The van der Waals surface area contributed by atoms with Crippen molar-refractivity contribution in [2.75, 3.05) is 0 Å². The number of nitrogens with zero attached hydrogens (tertiary/aromatic N) is 6. The van der Waals surface area contributed by atoms with Gasteiger partial charge in [-0.15, -0.1) is 6.42 Å². The Bertz CT molecular complexity index is 2070. The number of hydrogen-bond acceptors (Lipinski definition) is 6.